The Bertz CT molecular complexity index is 794. The minimum Gasteiger partial charge on any atom is -0.492 e. The molecule has 1 saturated carbocycles. The lowest BCUT2D eigenvalue weighted by atomic mass is 9.61. The van der Waals surface area contributed by atoms with Gasteiger partial charge in [0.15, 0.2) is 11.5 Å². The first-order chi connectivity index (χ1) is 12.2. The highest BCUT2D eigenvalue weighted by Crippen LogP contribution is 2.60. The molecule has 0 N–H and O–H groups in total. The maximum absolute atomic E-state index is 11.9. The number of carbonyl (C=O) groups excluding carboxylic acids is 1. The smallest absolute Gasteiger partial charge is 0.492 e. The van der Waals surface area contributed by atoms with Crippen molar-refractivity contribution in [2.24, 2.45) is 0 Å². The van der Waals surface area contributed by atoms with Gasteiger partial charge in [-0.15, -0.1) is 0 Å². The van der Waals surface area contributed by atoms with Gasteiger partial charge in [-0.05, 0) is 24.6 Å². The molecule has 4 bridgehead atoms. The minimum absolute atomic E-state index is 0.0394. The van der Waals surface area contributed by atoms with E-state index in [2.05, 4.69) is 11.0 Å². The number of methoxy groups -OCH3 is 1. The monoisotopic (exact) mass is 345 g/mol. The molecule has 7 heteroatoms. The van der Waals surface area contributed by atoms with Gasteiger partial charge in [-0.3, -0.25) is 4.90 Å². The standard InChI is InChI=1S/C18H19NO6/c1-21-15-10-7-19-3-2-18(11(10)6-12-16(15)23-8-22-12)13(19)4-9-5-14(18)25-17(20)24-9/h6,9,13-14H,2-5,7-8H2,1H3. The number of rotatable bonds is 1. The van der Waals surface area contributed by atoms with E-state index in [0.29, 0.717) is 11.8 Å². The molecule has 25 heavy (non-hydrogen) atoms. The molecule has 1 aliphatic carbocycles. The third-order valence-electron chi connectivity index (χ3n) is 6.68. The van der Waals surface area contributed by atoms with Crippen LogP contribution in [0.1, 0.15) is 30.4 Å². The minimum atomic E-state index is -0.535. The molecule has 4 aliphatic heterocycles. The summed E-state index contributed by atoms with van der Waals surface area (Å²) in [5, 5.41) is 0. The largest absolute Gasteiger partial charge is 0.508 e. The lowest BCUT2D eigenvalue weighted by Gasteiger charge is -2.53. The summed E-state index contributed by atoms with van der Waals surface area (Å²) in [4.78, 5) is 14.4. The number of hydrogen-bond acceptors (Lipinski definition) is 7. The maximum Gasteiger partial charge on any atom is 0.508 e. The fraction of sp³-hybridized carbons (Fsp3) is 0.611. The molecule has 1 aromatic rings. The normalized spacial score (nSPS) is 39.2. The molecule has 7 nitrogen and oxygen atoms in total. The molecular weight excluding hydrogens is 326 g/mol. The molecule has 5 unspecified atom stereocenters. The predicted octanol–water partition coefficient (Wildman–Crippen LogP) is 1.95. The van der Waals surface area contributed by atoms with E-state index in [1.54, 1.807) is 7.11 Å². The molecule has 3 fully saturated rings. The molecule has 1 aromatic carbocycles. The lowest BCUT2D eigenvalue weighted by molar-refractivity contribution is -0.130. The van der Waals surface area contributed by atoms with Gasteiger partial charge in [0, 0.05) is 31.0 Å². The zero-order valence-corrected chi connectivity index (χ0v) is 13.9. The SMILES string of the molecule is COc1c2c(cc3c1OCO3)C13CCN(C2)C1CC1CC3OC(=O)O1. The van der Waals surface area contributed by atoms with E-state index in [1.165, 1.54) is 5.56 Å². The van der Waals surface area contributed by atoms with Gasteiger partial charge in [0.1, 0.15) is 12.2 Å². The molecule has 2 saturated heterocycles. The van der Waals surface area contributed by atoms with E-state index in [-0.39, 0.29) is 24.4 Å². The Morgan fingerprint density at radius 3 is 3.08 bits per heavy atom. The Morgan fingerprint density at radius 1 is 1.28 bits per heavy atom. The summed E-state index contributed by atoms with van der Waals surface area (Å²) in [6.45, 7) is 2.01. The molecule has 0 aromatic heterocycles. The van der Waals surface area contributed by atoms with Crippen LogP contribution < -0.4 is 14.2 Å². The van der Waals surface area contributed by atoms with Crippen LogP contribution in [0.4, 0.5) is 4.79 Å². The number of ether oxygens (including phenoxy) is 5. The van der Waals surface area contributed by atoms with E-state index in [4.69, 9.17) is 23.7 Å². The maximum atomic E-state index is 11.9. The number of benzene rings is 1. The van der Waals surface area contributed by atoms with Gasteiger partial charge in [0.2, 0.25) is 12.5 Å². The van der Waals surface area contributed by atoms with E-state index in [9.17, 15) is 4.79 Å². The molecule has 5 aliphatic rings. The fourth-order valence-electron chi connectivity index (χ4n) is 5.75. The van der Waals surface area contributed by atoms with E-state index in [0.717, 1.165) is 49.4 Å². The van der Waals surface area contributed by atoms with Gasteiger partial charge in [0.05, 0.1) is 12.5 Å². The van der Waals surface area contributed by atoms with Crippen LogP contribution in [0.2, 0.25) is 0 Å². The Hall–Kier alpha value is -2.15. The van der Waals surface area contributed by atoms with E-state index < -0.39 is 6.16 Å². The second kappa shape index (κ2) is 4.52. The summed E-state index contributed by atoms with van der Waals surface area (Å²) >= 11 is 0. The average Bonchev–Trinajstić information content (AvgIpc) is 3.15. The van der Waals surface area contributed by atoms with Gasteiger partial charge in [-0.2, -0.15) is 0 Å². The van der Waals surface area contributed by atoms with E-state index in [1.807, 2.05) is 0 Å². The molecule has 0 radical (unpaired) electrons. The van der Waals surface area contributed by atoms with Crippen LogP contribution in [0.25, 0.3) is 0 Å². The van der Waals surface area contributed by atoms with Crippen molar-refractivity contribution >= 4 is 6.16 Å². The summed E-state index contributed by atoms with van der Waals surface area (Å²) in [5.74, 6) is 2.18. The summed E-state index contributed by atoms with van der Waals surface area (Å²) in [5.41, 5.74) is 2.13. The van der Waals surface area contributed by atoms with Gasteiger partial charge in [0.25, 0.3) is 0 Å². The third-order valence-corrected chi connectivity index (χ3v) is 6.68. The van der Waals surface area contributed by atoms with Gasteiger partial charge in [-0.25, -0.2) is 4.79 Å². The number of carbonyl (C=O) groups is 1. The average molecular weight is 345 g/mol. The Balaban J connectivity index is 1.59. The highest BCUT2D eigenvalue weighted by molar-refractivity contribution is 5.66. The van der Waals surface area contributed by atoms with Crippen molar-refractivity contribution in [3.63, 3.8) is 0 Å². The Kier molecular flexibility index (Phi) is 2.54. The quantitative estimate of drug-likeness (QED) is 0.721. The van der Waals surface area contributed by atoms with Crippen molar-refractivity contribution < 1.29 is 28.5 Å². The van der Waals surface area contributed by atoms with Gasteiger partial charge >= 0.3 is 6.16 Å². The lowest BCUT2D eigenvalue weighted by Crippen LogP contribution is -2.62. The molecule has 0 spiro atoms. The van der Waals surface area contributed by atoms with Crippen LogP contribution in [0, 0.1) is 0 Å². The molecule has 4 heterocycles. The highest BCUT2D eigenvalue weighted by Gasteiger charge is 2.63. The number of nitrogens with zero attached hydrogens (tertiary/aromatic N) is 1. The third kappa shape index (κ3) is 1.58. The molecule has 6 rings (SSSR count). The molecule has 0 amide bonds. The van der Waals surface area contributed by atoms with Crippen LogP contribution in [0.5, 0.6) is 17.2 Å². The van der Waals surface area contributed by atoms with Crippen molar-refractivity contribution in [3.05, 3.63) is 17.2 Å². The number of fused-ring (bicyclic) bond motifs is 4. The second-order valence-electron chi connectivity index (χ2n) is 7.51. The van der Waals surface area contributed by atoms with Crippen LogP contribution >= 0.6 is 0 Å². The van der Waals surface area contributed by atoms with Gasteiger partial charge < -0.3 is 23.7 Å². The van der Waals surface area contributed by atoms with Crippen molar-refractivity contribution in [2.75, 3.05) is 20.4 Å². The van der Waals surface area contributed by atoms with Crippen molar-refractivity contribution in [1.82, 2.24) is 4.90 Å². The van der Waals surface area contributed by atoms with Crippen LogP contribution in [0.3, 0.4) is 0 Å². The van der Waals surface area contributed by atoms with Crippen LogP contribution in [0.15, 0.2) is 6.07 Å². The molecular formula is C18H19NO6. The molecule has 132 valence electrons. The first-order valence-electron chi connectivity index (χ1n) is 8.82. The van der Waals surface area contributed by atoms with Crippen molar-refractivity contribution in [3.8, 4) is 17.2 Å². The predicted molar refractivity (Wildman–Crippen MR) is 84.0 cm³/mol. The Morgan fingerprint density at radius 2 is 2.20 bits per heavy atom. The zero-order valence-electron chi connectivity index (χ0n) is 13.9. The van der Waals surface area contributed by atoms with Crippen LogP contribution in [-0.2, 0) is 21.4 Å². The summed E-state index contributed by atoms with van der Waals surface area (Å²) in [7, 11) is 1.67. The van der Waals surface area contributed by atoms with Crippen molar-refractivity contribution in [1.29, 1.82) is 0 Å². The van der Waals surface area contributed by atoms with Crippen LogP contribution in [-0.4, -0.2) is 49.8 Å². The summed E-state index contributed by atoms with van der Waals surface area (Å²) in [6.07, 6.45) is 1.85. The number of hydrogen-bond donors (Lipinski definition) is 0. The first kappa shape index (κ1) is 14.1. The Labute approximate surface area is 144 Å². The summed E-state index contributed by atoms with van der Waals surface area (Å²) < 4.78 is 28.1. The van der Waals surface area contributed by atoms with Gasteiger partial charge in [-0.1, -0.05) is 0 Å². The fourth-order valence-corrected chi connectivity index (χ4v) is 5.75. The first-order valence-corrected chi connectivity index (χ1v) is 8.82. The molecule has 5 atom stereocenters. The highest BCUT2D eigenvalue weighted by atomic mass is 16.7. The zero-order chi connectivity index (χ0) is 16.8. The second-order valence-corrected chi connectivity index (χ2v) is 7.51. The van der Waals surface area contributed by atoms with E-state index >= 15 is 0 Å². The topological polar surface area (TPSA) is 66.5 Å². The summed E-state index contributed by atoms with van der Waals surface area (Å²) in [6, 6.07) is 2.42. The van der Waals surface area contributed by atoms with Crippen molar-refractivity contribution in [2.45, 2.75) is 49.5 Å².